The summed E-state index contributed by atoms with van der Waals surface area (Å²) >= 11 is 0. The molecular formula is C20H24N4O. The van der Waals surface area contributed by atoms with E-state index in [1.165, 1.54) is 17.5 Å². The molecule has 0 saturated carbocycles. The average molecular weight is 336 g/mol. The van der Waals surface area contributed by atoms with Gasteiger partial charge in [-0.1, -0.05) is 42.4 Å². The standard InChI is InChI=1S/C20H24N4O/c1-2-7-17-12-18(23-25-17)19-10-6-11-24(19)14-16-13-21-22-20(16)15-8-4-3-5-9-15/h3-5,8-9,12-13,19H,2,6-7,10-11,14H2,1H3,(H,21,22). The van der Waals surface area contributed by atoms with E-state index in [2.05, 4.69) is 57.5 Å². The largest absolute Gasteiger partial charge is 0.361 e. The summed E-state index contributed by atoms with van der Waals surface area (Å²) in [6, 6.07) is 12.9. The first-order valence-corrected chi connectivity index (χ1v) is 9.12. The van der Waals surface area contributed by atoms with Crippen molar-refractivity contribution >= 4 is 0 Å². The molecule has 1 aromatic carbocycles. The second-order valence-corrected chi connectivity index (χ2v) is 6.73. The molecule has 1 fully saturated rings. The Labute approximate surface area is 148 Å². The highest BCUT2D eigenvalue weighted by molar-refractivity contribution is 5.62. The van der Waals surface area contributed by atoms with Crippen LogP contribution >= 0.6 is 0 Å². The smallest absolute Gasteiger partial charge is 0.137 e. The molecule has 5 heteroatoms. The third-order valence-electron chi connectivity index (χ3n) is 4.93. The first kappa shape index (κ1) is 16.1. The maximum Gasteiger partial charge on any atom is 0.137 e. The number of nitrogens with one attached hydrogen (secondary N) is 1. The molecule has 1 aliphatic heterocycles. The van der Waals surface area contributed by atoms with E-state index in [-0.39, 0.29) is 0 Å². The molecule has 1 atom stereocenters. The molecule has 25 heavy (non-hydrogen) atoms. The predicted octanol–water partition coefficient (Wildman–Crippen LogP) is 4.35. The lowest BCUT2D eigenvalue weighted by atomic mass is 10.1. The SMILES string of the molecule is CCCc1cc(C2CCCN2Cc2cn[nH]c2-c2ccccc2)no1. The molecule has 1 saturated heterocycles. The molecule has 0 bridgehead atoms. The monoisotopic (exact) mass is 336 g/mol. The van der Waals surface area contributed by atoms with Crippen LogP contribution in [0.3, 0.4) is 0 Å². The van der Waals surface area contributed by atoms with Crippen molar-refractivity contribution in [2.45, 2.75) is 45.2 Å². The Hall–Kier alpha value is -2.40. The van der Waals surface area contributed by atoms with E-state index in [1.54, 1.807) is 0 Å². The normalized spacial score (nSPS) is 18.0. The lowest BCUT2D eigenvalue weighted by molar-refractivity contribution is 0.236. The Bertz CT molecular complexity index is 808. The second-order valence-electron chi connectivity index (χ2n) is 6.73. The topological polar surface area (TPSA) is 58.0 Å². The van der Waals surface area contributed by atoms with Gasteiger partial charge in [0, 0.05) is 24.6 Å². The highest BCUT2D eigenvalue weighted by atomic mass is 16.5. The Morgan fingerprint density at radius 1 is 1.28 bits per heavy atom. The summed E-state index contributed by atoms with van der Waals surface area (Å²) in [6.45, 7) is 4.12. The number of rotatable bonds is 6. The Morgan fingerprint density at radius 3 is 3.00 bits per heavy atom. The van der Waals surface area contributed by atoms with Crippen LogP contribution in [0.1, 0.15) is 49.2 Å². The summed E-state index contributed by atoms with van der Waals surface area (Å²) in [5.41, 5.74) is 4.59. The molecule has 3 aromatic rings. The Kier molecular flexibility index (Phi) is 4.65. The third-order valence-corrected chi connectivity index (χ3v) is 4.93. The van der Waals surface area contributed by atoms with Gasteiger partial charge in [0.2, 0.25) is 0 Å². The van der Waals surface area contributed by atoms with Crippen LogP contribution in [0.15, 0.2) is 47.1 Å². The van der Waals surface area contributed by atoms with Crippen molar-refractivity contribution in [1.29, 1.82) is 0 Å². The zero-order chi connectivity index (χ0) is 17.1. The summed E-state index contributed by atoms with van der Waals surface area (Å²) in [6.07, 6.45) is 6.32. The number of hydrogen-bond acceptors (Lipinski definition) is 4. The van der Waals surface area contributed by atoms with E-state index >= 15 is 0 Å². The quantitative estimate of drug-likeness (QED) is 0.727. The van der Waals surface area contributed by atoms with E-state index in [1.807, 2.05) is 12.3 Å². The number of aromatic nitrogens is 3. The number of nitrogens with zero attached hydrogens (tertiary/aromatic N) is 3. The molecular weight excluding hydrogens is 312 g/mol. The van der Waals surface area contributed by atoms with Crippen molar-refractivity contribution in [3.05, 3.63) is 59.6 Å². The van der Waals surface area contributed by atoms with Crippen LogP contribution in [-0.4, -0.2) is 26.8 Å². The van der Waals surface area contributed by atoms with Gasteiger partial charge < -0.3 is 4.52 Å². The summed E-state index contributed by atoms with van der Waals surface area (Å²) in [4.78, 5) is 2.49. The van der Waals surface area contributed by atoms with Crippen molar-refractivity contribution < 1.29 is 4.52 Å². The molecule has 0 radical (unpaired) electrons. The maximum atomic E-state index is 5.50. The van der Waals surface area contributed by atoms with Crippen LogP contribution < -0.4 is 0 Å². The van der Waals surface area contributed by atoms with Crippen molar-refractivity contribution in [2.75, 3.05) is 6.54 Å². The van der Waals surface area contributed by atoms with Gasteiger partial charge in [0.05, 0.1) is 17.9 Å². The summed E-state index contributed by atoms with van der Waals surface area (Å²) < 4.78 is 5.50. The number of benzene rings is 1. The van der Waals surface area contributed by atoms with Crippen molar-refractivity contribution in [1.82, 2.24) is 20.3 Å². The third kappa shape index (κ3) is 3.37. The molecule has 2 aromatic heterocycles. The van der Waals surface area contributed by atoms with Crippen LogP contribution in [0.2, 0.25) is 0 Å². The highest BCUT2D eigenvalue weighted by Gasteiger charge is 2.29. The number of likely N-dealkylation sites (tertiary alicyclic amines) is 1. The Balaban J connectivity index is 1.53. The summed E-state index contributed by atoms with van der Waals surface area (Å²) in [5, 5.41) is 11.8. The molecule has 4 rings (SSSR count). The van der Waals surface area contributed by atoms with E-state index in [9.17, 15) is 0 Å². The number of H-pyrrole nitrogens is 1. The van der Waals surface area contributed by atoms with Gasteiger partial charge in [-0.25, -0.2) is 0 Å². The van der Waals surface area contributed by atoms with Crippen LogP contribution in [0, 0.1) is 0 Å². The Morgan fingerprint density at radius 2 is 2.16 bits per heavy atom. The summed E-state index contributed by atoms with van der Waals surface area (Å²) in [7, 11) is 0. The van der Waals surface area contributed by atoms with Gasteiger partial charge in [-0.05, 0) is 31.4 Å². The second kappa shape index (κ2) is 7.23. The van der Waals surface area contributed by atoms with E-state index < -0.39 is 0 Å². The fourth-order valence-electron chi connectivity index (χ4n) is 3.71. The minimum absolute atomic E-state index is 0.341. The van der Waals surface area contributed by atoms with Crippen molar-refractivity contribution in [3.63, 3.8) is 0 Å². The van der Waals surface area contributed by atoms with Crippen LogP contribution in [0.5, 0.6) is 0 Å². The molecule has 5 nitrogen and oxygen atoms in total. The minimum atomic E-state index is 0.341. The number of aryl methyl sites for hydroxylation is 1. The lowest BCUT2D eigenvalue weighted by Crippen LogP contribution is -2.23. The fraction of sp³-hybridized carbons (Fsp3) is 0.400. The van der Waals surface area contributed by atoms with E-state index in [0.717, 1.165) is 49.5 Å². The zero-order valence-electron chi connectivity index (χ0n) is 14.6. The molecule has 1 aliphatic rings. The highest BCUT2D eigenvalue weighted by Crippen LogP contribution is 2.34. The van der Waals surface area contributed by atoms with Crippen molar-refractivity contribution in [3.8, 4) is 11.3 Å². The number of aromatic amines is 1. The molecule has 0 amide bonds. The zero-order valence-corrected chi connectivity index (χ0v) is 14.6. The fourth-order valence-corrected chi connectivity index (χ4v) is 3.71. The molecule has 1 unspecified atom stereocenters. The lowest BCUT2D eigenvalue weighted by Gasteiger charge is -2.22. The first-order chi connectivity index (χ1) is 12.3. The van der Waals surface area contributed by atoms with E-state index in [4.69, 9.17) is 4.52 Å². The maximum absolute atomic E-state index is 5.50. The molecule has 0 spiro atoms. The minimum Gasteiger partial charge on any atom is -0.361 e. The predicted molar refractivity (Wildman–Crippen MR) is 96.9 cm³/mol. The van der Waals surface area contributed by atoms with Crippen molar-refractivity contribution in [2.24, 2.45) is 0 Å². The average Bonchev–Trinajstić information content (AvgIpc) is 3.37. The van der Waals surface area contributed by atoms with Gasteiger partial charge in [0.1, 0.15) is 11.5 Å². The molecule has 0 aliphatic carbocycles. The van der Waals surface area contributed by atoms with Crippen LogP contribution in [-0.2, 0) is 13.0 Å². The van der Waals surface area contributed by atoms with Gasteiger partial charge in [-0.3, -0.25) is 10.00 Å². The molecule has 130 valence electrons. The first-order valence-electron chi connectivity index (χ1n) is 9.12. The van der Waals surface area contributed by atoms with Crippen LogP contribution in [0.25, 0.3) is 11.3 Å². The van der Waals surface area contributed by atoms with Gasteiger partial charge in [-0.15, -0.1) is 0 Å². The van der Waals surface area contributed by atoms with Gasteiger partial charge in [-0.2, -0.15) is 5.10 Å². The summed E-state index contributed by atoms with van der Waals surface area (Å²) in [5.74, 6) is 0.998. The van der Waals surface area contributed by atoms with Crippen LogP contribution in [0.4, 0.5) is 0 Å². The molecule has 3 heterocycles. The number of hydrogen-bond donors (Lipinski definition) is 1. The van der Waals surface area contributed by atoms with Gasteiger partial charge >= 0.3 is 0 Å². The van der Waals surface area contributed by atoms with Gasteiger partial charge in [0.25, 0.3) is 0 Å². The van der Waals surface area contributed by atoms with Gasteiger partial charge in [0.15, 0.2) is 0 Å². The molecule has 1 N–H and O–H groups in total. The van der Waals surface area contributed by atoms with E-state index in [0.29, 0.717) is 6.04 Å².